The molecule has 3 N–H and O–H groups in total. The molecule has 0 aliphatic carbocycles. The van der Waals surface area contributed by atoms with E-state index < -0.39 is 0 Å². The van der Waals surface area contributed by atoms with Crippen molar-refractivity contribution in [1.82, 2.24) is 4.98 Å². The predicted molar refractivity (Wildman–Crippen MR) is 114 cm³/mol. The largest absolute Gasteiger partial charge is 0.497 e. The number of rotatable bonds is 8. The molecule has 1 heterocycles. The highest BCUT2D eigenvalue weighted by Gasteiger charge is 2.06. The van der Waals surface area contributed by atoms with Gasteiger partial charge in [-0.2, -0.15) is 0 Å². The summed E-state index contributed by atoms with van der Waals surface area (Å²) in [6, 6.07) is 18.9. The number of anilines is 1. The van der Waals surface area contributed by atoms with Gasteiger partial charge in [0.05, 0.1) is 32.1 Å². The van der Waals surface area contributed by atoms with Gasteiger partial charge in [0.1, 0.15) is 23.9 Å². The molecule has 0 radical (unpaired) electrons. The highest BCUT2D eigenvalue weighted by molar-refractivity contribution is 5.94. The van der Waals surface area contributed by atoms with Crippen LogP contribution in [0.5, 0.6) is 17.2 Å². The lowest BCUT2D eigenvalue weighted by molar-refractivity contribution is 0.301. The molecule has 3 rings (SSSR count). The molecule has 7 heteroatoms. The number of guanidine groups is 1. The summed E-state index contributed by atoms with van der Waals surface area (Å²) in [6.45, 7) is 0.864. The number of hydrogen-bond acceptors (Lipinski definition) is 5. The number of aromatic nitrogens is 1. The first-order valence-corrected chi connectivity index (χ1v) is 9.08. The van der Waals surface area contributed by atoms with E-state index in [4.69, 9.17) is 19.9 Å². The molecule has 0 spiro atoms. The fourth-order valence-corrected chi connectivity index (χ4v) is 2.60. The van der Waals surface area contributed by atoms with Crippen molar-refractivity contribution < 1.29 is 14.2 Å². The number of nitrogens with zero attached hydrogens (tertiary/aromatic N) is 2. The van der Waals surface area contributed by atoms with Crippen LogP contribution in [0, 0.1) is 0 Å². The highest BCUT2D eigenvalue weighted by atomic mass is 16.5. The van der Waals surface area contributed by atoms with Crippen molar-refractivity contribution in [2.24, 2.45) is 10.7 Å². The van der Waals surface area contributed by atoms with Gasteiger partial charge in [0.15, 0.2) is 5.96 Å². The van der Waals surface area contributed by atoms with E-state index in [1.54, 1.807) is 32.5 Å². The summed E-state index contributed by atoms with van der Waals surface area (Å²) >= 11 is 0. The minimum atomic E-state index is 0.284. The van der Waals surface area contributed by atoms with Crippen molar-refractivity contribution in [2.45, 2.75) is 13.2 Å². The molecule has 2 aromatic carbocycles. The predicted octanol–water partition coefficient (Wildman–Crippen LogP) is 3.60. The Kier molecular flexibility index (Phi) is 6.89. The molecule has 0 aliphatic heterocycles. The number of pyridine rings is 1. The average Bonchev–Trinajstić information content (AvgIpc) is 2.77. The van der Waals surface area contributed by atoms with Gasteiger partial charge >= 0.3 is 0 Å². The van der Waals surface area contributed by atoms with Gasteiger partial charge in [0, 0.05) is 12.3 Å². The van der Waals surface area contributed by atoms with Gasteiger partial charge in [-0.3, -0.25) is 4.98 Å². The zero-order valence-corrected chi connectivity index (χ0v) is 16.5. The van der Waals surface area contributed by atoms with Crippen LogP contribution >= 0.6 is 0 Å². The molecule has 0 unspecified atom stereocenters. The minimum absolute atomic E-state index is 0.284. The summed E-state index contributed by atoms with van der Waals surface area (Å²) in [7, 11) is 3.20. The maximum atomic E-state index is 6.02. The molecule has 0 saturated heterocycles. The van der Waals surface area contributed by atoms with Gasteiger partial charge in [-0.25, -0.2) is 4.99 Å². The van der Waals surface area contributed by atoms with Gasteiger partial charge in [-0.05, 0) is 42.0 Å². The van der Waals surface area contributed by atoms with E-state index in [9.17, 15) is 0 Å². The van der Waals surface area contributed by atoms with Crippen LogP contribution in [0.1, 0.15) is 11.3 Å². The quantitative estimate of drug-likeness (QED) is 0.450. The van der Waals surface area contributed by atoms with E-state index in [2.05, 4.69) is 15.3 Å². The molecule has 150 valence electrons. The molecule has 0 aliphatic rings. The average molecular weight is 392 g/mol. The lowest BCUT2D eigenvalue weighted by atomic mass is 10.2. The Morgan fingerprint density at radius 1 is 1.00 bits per heavy atom. The van der Waals surface area contributed by atoms with E-state index in [0.717, 1.165) is 17.0 Å². The molecule has 29 heavy (non-hydrogen) atoms. The number of nitrogens with two attached hydrogens (primary N) is 1. The standard InChI is InChI=1S/C22H24N4O3/c1-27-19-10-11-21(28-2)20(13-19)26-22(23)25-14-16-6-8-18(9-7-16)29-15-17-5-3-4-12-24-17/h3-13H,14-15H2,1-2H3,(H3,23,25,26). The second-order valence-corrected chi connectivity index (χ2v) is 6.15. The van der Waals surface area contributed by atoms with E-state index in [1.165, 1.54) is 0 Å². The fourth-order valence-electron chi connectivity index (χ4n) is 2.60. The number of methoxy groups -OCH3 is 2. The van der Waals surface area contributed by atoms with Crippen LogP contribution in [0.15, 0.2) is 71.9 Å². The monoisotopic (exact) mass is 392 g/mol. The Morgan fingerprint density at radius 3 is 2.48 bits per heavy atom. The number of benzene rings is 2. The van der Waals surface area contributed by atoms with Crippen LogP contribution in [-0.2, 0) is 13.2 Å². The molecule has 0 fully saturated rings. The second-order valence-electron chi connectivity index (χ2n) is 6.15. The molecule has 0 atom stereocenters. The fraction of sp³-hybridized carbons (Fsp3) is 0.182. The van der Waals surface area contributed by atoms with E-state index in [0.29, 0.717) is 30.3 Å². The minimum Gasteiger partial charge on any atom is -0.497 e. The maximum Gasteiger partial charge on any atom is 0.193 e. The topological polar surface area (TPSA) is 91.0 Å². The summed E-state index contributed by atoms with van der Waals surface area (Å²) in [4.78, 5) is 8.62. The van der Waals surface area contributed by atoms with Gasteiger partial charge in [0.25, 0.3) is 0 Å². The first-order chi connectivity index (χ1) is 14.2. The third-order valence-corrected chi connectivity index (χ3v) is 4.14. The van der Waals surface area contributed by atoms with Crippen LogP contribution in [0.3, 0.4) is 0 Å². The zero-order chi connectivity index (χ0) is 20.5. The van der Waals surface area contributed by atoms with Crippen LogP contribution in [-0.4, -0.2) is 25.2 Å². The molecule has 0 amide bonds. The Bertz CT molecular complexity index is 944. The summed E-state index contributed by atoms with van der Waals surface area (Å²) in [5.74, 6) is 2.41. The normalized spacial score (nSPS) is 11.0. The van der Waals surface area contributed by atoms with Crippen molar-refractivity contribution in [3.05, 3.63) is 78.1 Å². The van der Waals surface area contributed by atoms with Crippen molar-refractivity contribution in [3.8, 4) is 17.2 Å². The Morgan fingerprint density at radius 2 is 1.79 bits per heavy atom. The zero-order valence-electron chi connectivity index (χ0n) is 16.5. The van der Waals surface area contributed by atoms with Crippen LogP contribution in [0.25, 0.3) is 0 Å². The number of aliphatic imine (C=N–C) groups is 1. The van der Waals surface area contributed by atoms with Crippen molar-refractivity contribution in [1.29, 1.82) is 0 Å². The summed E-state index contributed by atoms with van der Waals surface area (Å²) in [6.07, 6.45) is 1.75. The third-order valence-electron chi connectivity index (χ3n) is 4.14. The molecular weight excluding hydrogens is 368 g/mol. The number of nitrogens with one attached hydrogen (secondary N) is 1. The first-order valence-electron chi connectivity index (χ1n) is 9.08. The summed E-state index contributed by atoms with van der Waals surface area (Å²) in [5, 5.41) is 3.05. The summed E-state index contributed by atoms with van der Waals surface area (Å²) in [5.41, 5.74) is 8.60. The van der Waals surface area contributed by atoms with Crippen LogP contribution in [0.4, 0.5) is 5.69 Å². The van der Waals surface area contributed by atoms with Crippen molar-refractivity contribution >= 4 is 11.6 Å². The van der Waals surface area contributed by atoms with E-state index in [1.807, 2.05) is 48.5 Å². The van der Waals surface area contributed by atoms with Gasteiger partial charge in [-0.15, -0.1) is 0 Å². The van der Waals surface area contributed by atoms with Gasteiger partial charge in [0.2, 0.25) is 0 Å². The Labute approximate surface area is 170 Å². The molecule has 0 saturated carbocycles. The number of hydrogen-bond donors (Lipinski definition) is 2. The van der Waals surface area contributed by atoms with Gasteiger partial charge in [-0.1, -0.05) is 18.2 Å². The Hall–Kier alpha value is -3.74. The maximum absolute atomic E-state index is 6.02. The molecule has 1 aromatic heterocycles. The number of ether oxygens (including phenoxy) is 3. The SMILES string of the molecule is COc1ccc(OC)c(NC(N)=NCc2ccc(OCc3ccccn3)cc2)c1. The van der Waals surface area contributed by atoms with E-state index >= 15 is 0 Å². The molecular formula is C22H24N4O3. The molecule has 7 nitrogen and oxygen atoms in total. The third kappa shape index (κ3) is 5.87. The lowest BCUT2D eigenvalue weighted by Gasteiger charge is -2.12. The summed E-state index contributed by atoms with van der Waals surface area (Å²) < 4.78 is 16.3. The second kappa shape index (κ2) is 9.98. The Balaban J connectivity index is 1.56. The highest BCUT2D eigenvalue weighted by Crippen LogP contribution is 2.28. The smallest absolute Gasteiger partial charge is 0.193 e. The molecule has 3 aromatic rings. The lowest BCUT2D eigenvalue weighted by Crippen LogP contribution is -2.23. The van der Waals surface area contributed by atoms with Crippen molar-refractivity contribution in [2.75, 3.05) is 19.5 Å². The first kappa shape index (κ1) is 20.0. The van der Waals surface area contributed by atoms with Crippen molar-refractivity contribution in [3.63, 3.8) is 0 Å². The van der Waals surface area contributed by atoms with Gasteiger partial charge < -0.3 is 25.3 Å². The van der Waals surface area contributed by atoms with Crippen LogP contribution in [0.2, 0.25) is 0 Å². The molecule has 0 bridgehead atoms. The van der Waals surface area contributed by atoms with E-state index in [-0.39, 0.29) is 5.96 Å². The van der Waals surface area contributed by atoms with Crippen LogP contribution < -0.4 is 25.3 Å².